The average Bonchev–Trinajstić information content (AvgIpc) is 2.69. The largest absolute Gasteiger partial charge is 0.466 e. The molecule has 0 spiro atoms. The number of carbonyl (C=O) groups is 1. The molecule has 3 heteroatoms. The Bertz CT molecular complexity index is 745. The SMILES string of the molecule is CCOC(=O)CCCCCN=C/C=C(C)/C=C/C=C(C)/C=C/C1=C(C)CCCC1(C)C. The van der Waals surface area contributed by atoms with Gasteiger partial charge >= 0.3 is 5.97 Å². The van der Waals surface area contributed by atoms with Crippen LogP contribution in [0.1, 0.15) is 86.5 Å². The molecule has 172 valence electrons. The van der Waals surface area contributed by atoms with Gasteiger partial charge in [0.25, 0.3) is 0 Å². The highest BCUT2D eigenvalue weighted by Gasteiger charge is 2.26. The van der Waals surface area contributed by atoms with Gasteiger partial charge in [0.15, 0.2) is 0 Å². The molecule has 1 rings (SSSR count). The van der Waals surface area contributed by atoms with Crippen molar-refractivity contribution in [2.45, 2.75) is 86.5 Å². The van der Waals surface area contributed by atoms with Crippen LogP contribution >= 0.6 is 0 Å². The molecule has 1 aliphatic rings. The molecule has 0 heterocycles. The summed E-state index contributed by atoms with van der Waals surface area (Å²) in [6.07, 6.45) is 22.0. The maximum Gasteiger partial charge on any atom is 0.305 e. The van der Waals surface area contributed by atoms with Crippen molar-refractivity contribution >= 4 is 12.2 Å². The van der Waals surface area contributed by atoms with E-state index in [9.17, 15) is 4.79 Å². The molecule has 1 aliphatic carbocycles. The molecule has 0 unspecified atom stereocenters. The van der Waals surface area contributed by atoms with Gasteiger partial charge in [-0.1, -0.05) is 61.8 Å². The van der Waals surface area contributed by atoms with Gasteiger partial charge in [-0.2, -0.15) is 0 Å². The van der Waals surface area contributed by atoms with E-state index >= 15 is 0 Å². The van der Waals surface area contributed by atoms with Crippen LogP contribution in [-0.4, -0.2) is 25.3 Å². The zero-order chi connectivity index (χ0) is 23.1. The topological polar surface area (TPSA) is 38.7 Å². The number of esters is 1. The second-order valence-corrected chi connectivity index (χ2v) is 9.12. The first-order chi connectivity index (χ1) is 14.8. The minimum absolute atomic E-state index is 0.0962. The Morgan fingerprint density at radius 2 is 1.84 bits per heavy atom. The zero-order valence-corrected chi connectivity index (χ0v) is 20.7. The maximum atomic E-state index is 11.3. The summed E-state index contributed by atoms with van der Waals surface area (Å²) in [6.45, 7) is 14.3. The van der Waals surface area contributed by atoms with E-state index in [4.69, 9.17) is 4.74 Å². The Morgan fingerprint density at radius 1 is 1.10 bits per heavy atom. The molecular formula is C28H43NO2. The van der Waals surface area contributed by atoms with Crippen LogP contribution < -0.4 is 0 Å². The highest BCUT2D eigenvalue weighted by Crippen LogP contribution is 2.40. The number of ether oxygens (including phenoxy) is 1. The zero-order valence-electron chi connectivity index (χ0n) is 20.7. The van der Waals surface area contributed by atoms with Crippen molar-refractivity contribution in [1.29, 1.82) is 0 Å². The van der Waals surface area contributed by atoms with Crippen LogP contribution in [0.4, 0.5) is 0 Å². The summed E-state index contributed by atoms with van der Waals surface area (Å²) < 4.78 is 4.92. The molecule has 0 aliphatic heterocycles. The van der Waals surface area contributed by atoms with Gasteiger partial charge in [0, 0.05) is 19.2 Å². The molecule has 0 aromatic carbocycles. The fraction of sp³-hybridized carbons (Fsp3) is 0.571. The minimum atomic E-state index is -0.0962. The number of rotatable bonds is 12. The van der Waals surface area contributed by atoms with E-state index in [0.29, 0.717) is 13.0 Å². The summed E-state index contributed by atoms with van der Waals surface area (Å²) >= 11 is 0. The highest BCUT2D eigenvalue weighted by molar-refractivity contribution is 5.72. The Hall–Kier alpha value is -2.16. The fourth-order valence-corrected chi connectivity index (χ4v) is 3.82. The molecule has 31 heavy (non-hydrogen) atoms. The predicted octanol–water partition coefficient (Wildman–Crippen LogP) is 7.71. The van der Waals surface area contributed by atoms with Gasteiger partial charge in [-0.3, -0.25) is 9.79 Å². The van der Waals surface area contributed by atoms with Crippen LogP contribution in [0, 0.1) is 5.41 Å². The van der Waals surface area contributed by atoms with E-state index in [2.05, 4.69) is 70.0 Å². The van der Waals surface area contributed by atoms with Crippen LogP contribution in [0.3, 0.4) is 0 Å². The van der Waals surface area contributed by atoms with Crippen molar-refractivity contribution in [3.8, 4) is 0 Å². The van der Waals surface area contributed by atoms with Crippen molar-refractivity contribution in [3.63, 3.8) is 0 Å². The molecule has 0 radical (unpaired) electrons. The molecule has 0 amide bonds. The van der Waals surface area contributed by atoms with E-state index in [1.54, 1.807) is 0 Å². The quantitative estimate of drug-likeness (QED) is 0.139. The summed E-state index contributed by atoms with van der Waals surface area (Å²) in [5.74, 6) is -0.0962. The normalized spacial score (nSPS) is 18.0. The fourth-order valence-electron chi connectivity index (χ4n) is 3.82. The lowest BCUT2D eigenvalue weighted by atomic mass is 9.72. The van der Waals surface area contributed by atoms with E-state index in [1.807, 2.05) is 19.2 Å². The van der Waals surface area contributed by atoms with Gasteiger partial charge in [0.05, 0.1) is 6.61 Å². The number of aliphatic imine (C=N–C) groups is 1. The Balaban J connectivity index is 2.38. The van der Waals surface area contributed by atoms with E-state index in [0.717, 1.165) is 25.8 Å². The van der Waals surface area contributed by atoms with E-state index in [1.165, 1.54) is 41.6 Å². The van der Waals surface area contributed by atoms with Gasteiger partial charge in [0.2, 0.25) is 0 Å². The summed E-state index contributed by atoms with van der Waals surface area (Å²) in [5.41, 5.74) is 5.75. The second-order valence-electron chi connectivity index (χ2n) is 9.12. The van der Waals surface area contributed by atoms with Crippen LogP contribution in [0.15, 0.2) is 63.7 Å². The second kappa shape index (κ2) is 14.8. The Morgan fingerprint density at radius 3 is 2.55 bits per heavy atom. The maximum absolute atomic E-state index is 11.3. The first-order valence-corrected chi connectivity index (χ1v) is 11.8. The number of allylic oxidation sites excluding steroid dienone is 10. The molecule has 0 N–H and O–H groups in total. The minimum Gasteiger partial charge on any atom is -0.466 e. The highest BCUT2D eigenvalue weighted by atomic mass is 16.5. The molecule has 3 nitrogen and oxygen atoms in total. The Labute approximate surface area is 190 Å². The van der Waals surface area contributed by atoms with Gasteiger partial charge in [-0.15, -0.1) is 0 Å². The van der Waals surface area contributed by atoms with Gasteiger partial charge in [-0.05, 0) is 82.4 Å². The average molecular weight is 426 g/mol. The smallest absolute Gasteiger partial charge is 0.305 e. The van der Waals surface area contributed by atoms with Gasteiger partial charge < -0.3 is 4.74 Å². The lowest BCUT2D eigenvalue weighted by Gasteiger charge is -2.32. The predicted molar refractivity (Wildman–Crippen MR) is 135 cm³/mol. The molecular weight excluding hydrogens is 382 g/mol. The van der Waals surface area contributed by atoms with Gasteiger partial charge in [0.1, 0.15) is 0 Å². The number of unbranched alkanes of at least 4 members (excludes halogenated alkanes) is 2. The Kier molecular flexibility index (Phi) is 12.8. The summed E-state index contributed by atoms with van der Waals surface area (Å²) in [7, 11) is 0. The van der Waals surface area contributed by atoms with Crippen LogP contribution in [0.2, 0.25) is 0 Å². The van der Waals surface area contributed by atoms with Crippen molar-refractivity contribution in [2.24, 2.45) is 10.4 Å². The summed E-state index contributed by atoms with van der Waals surface area (Å²) in [4.78, 5) is 15.7. The van der Waals surface area contributed by atoms with Crippen LogP contribution in [0.5, 0.6) is 0 Å². The van der Waals surface area contributed by atoms with Crippen molar-refractivity contribution < 1.29 is 9.53 Å². The molecule has 0 bridgehead atoms. The van der Waals surface area contributed by atoms with Crippen LogP contribution in [0.25, 0.3) is 0 Å². The third kappa shape index (κ3) is 11.7. The van der Waals surface area contributed by atoms with Gasteiger partial charge in [-0.25, -0.2) is 0 Å². The van der Waals surface area contributed by atoms with Crippen molar-refractivity contribution in [3.05, 3.63) is 58.7 Å². The lowest BCUT2D eigenvalue weighted by molar-refractivity contribution is -0.143. The third-order valence-corrected chi connectivity index (χ3v) is 5.69. The first-order valence-electron chi connectivity index (χ1n) is 11.8. The van der Waals surface area contributed by atoms with Crippen LogP contribution in [-0.2, 0) is 9.53 Å². The van der Waals surface area contributed by atoms with Crippen molar-refractivity contribution in [1.82, 2.24) is 0 Å². The molecule has 0 saturated carbocycles. The molecule has 0 aromatic rings. The number of hydrogen-bond donors (Lipinski definition) is 0. The summed E-state index contributed by atoms with van der Waals surface area (Å²) in [5, 5.41) is 0. The van der Waals surface area contributed by atoms with E-state index < -0.39 is 0 Å². The molecule has 0 aromatic heterocycles. The van der Waals surface area contributed by atoms with E-state index in [-0.39, 0.29) is 11.4 Å². The monoisotopic (exact) mass is 425 g/mol. The lowest BCUT2D eigenvalue weighted by Crippen LogP contribution is -2.19. The molecule has 0 saturated heterocycles. The molecule has 0 atom stereocenters. The van der Waals surface area contributed by atoms with Crippen molar-refractivity contribution in [2.75, 3.05) is 13.2 Å². The first kappa shape index (κ1) is 26.9. The molecule has 0 fully saturated rings. The standard InChI is InChI=1S/C28H43NO2/c1-7-31-27(30)16-9-8-10-21-29-22-19-24(3)14-11-13-23(2)17-18-26-25(4)15-12-20-28(26,5)6/h11,13-14,17-19,22H,7-10,12,15-16,20-21H2,1-6H3/b14-11+,18-17+,23-13+,24-19+,29-22?. The third-order valence-electron chi connectivity index (χ3n) is 5.69. The number of hydrogen-bond acceptors (Lipinski definition) is 3. The number of carbonyl (C=O) groups excluding carboxylic acids is 1. The summed E-state index contributed by atoms with van der Waals surface area (Å²) in [6, 6.07) is 0. The number of nitrogens with zero attached hydrogens (tertiary/aromatic N) is 1.